The highest BCUT2D eigenvalue weighted by molar-refractivity contribution is 5.93. The van der Waals surface area contributed by atoms with E-state index in [-0.39, 0.29) is 6.03 Å². The van der Waals surface area contributed by atoms with Gasteiger partial charge in [-0.1, -0.05) is 12.1 Å². The number of urea groups is 1. The Morgan fingerprint density at radius 2 is 1.88 bits per heavy atom. The first-order valence-electron chi connectivity index (χ1n) is 5.15. The Morgan fingerprint density at radius 3 is 2.59 bits per heavy atom. The molecular formula is C13H11N3O. The number of nitriles is 1. The number of nitrogens with one attached hydrogen (secondary N) is 2. The smallest absolute Gasteiger partial charge is 0.318 e. The number of hydrogen-bond donors (Lipinski definition) is 2. The zero-order valence-electron chi connectivity index (χ0n) is 9.32. The lowest BCUT2D eigenvalue weighted by Crippen LogP contribution is -2.24. The first-order chi connectivity index (χ1) is 8.22. The predicted molar refractivity (Wildman–Crippen MR) is 66.7 cm³/mol. The average Bonchev–Trinajstić information content (AvgIpc) is 2.38. The summed E-state index contributed by atoms with van der Waals surface area (Å²) in [6.45, 7) is 0. The highest BCUT2D eigenvalue weighted by atomic mass is 16.2. The zero-order valence-corrected chi connectivity index (χ0v) is 9.32. The van der Waals surface area contributed by atoms with Crippen molar-refractivity contribution in [3.05, 3.63) is 42.0 Å². The number of rotatable bonds is 1. The van der Waals surface area contributed by atoms with Crippen LogP contribution in [0.4, 0.5) is 10.5 Å². The summed E-state index contributed by atoms with van der Waals surface area (Å²) in [5.74, 6) is 0. The van der Waals surface area contributed by atoms with Gasteiger partial charge in [-0.25, -0.2) is 4.79 Å². The molecule has 2 rings (SSSR count). The molecule has 17 heavy (non-hydrogen) atoms. The molecule has 84 valence electrons. The van der Waals surface area contributed by atoms with E-state index in [1.54, 1.807) is 19.2 Å². The highest BCUT2D eigenvalue weighted by Crippen LogP contribution is 2.20. The van der Waals surface area contributed by atoms with Crippen molar-refractivity contribution < 1.29 is 4.79 Å². The van der Waals surface area contributed by atoms with Gasteiger partial charge < -0.3 is 10.6 Å². The van der Waals surface area contributed by atoms with Gasteiger partial charge in [-0.15, -0.1) is 0 Å². The lowest BCUT2D eigenvalue weighted by molar-refractivity contribution is 0.254. The monoisotopic (exact) mass is 225 g/mol. The number of nitrogens with zero attached hydrogens (tertiary/aromatic N) is 1. The Labute approximate surface area is 98.9 Å². The minimum absolute atomic E-state index is 0.252. The number of anilines is 1. The van der Waals surface area contributed by atoms with E-state index in [9.17, 15) is 4.79 Å². The Balaban J connectivity index is 2.39. The van der Waals surface area contributed by atoms with Crippen molar-refractivity contribution in [2.75, 3.05) is 12.4 Å². The number of benzene rings is 2. The molecule has 0 radical (unpaired) electrons. The minimum atomic E-state index is -0.252. The molecule has 0 fully saturated rings. The second-order valence-electron chi connectivity index (χ2n) is 3.59. The predicted octanol–water partition coefficient (Wildman–Crippen LogP) is 2.46. The summed E-state index contributed by atoms with van der Waals surface area (Å²) < 4.78 is 0. The molecule has 0 aliphatic rings. The van der Waals surface area contributed by atoms with Crippen LogP contribution in [0, 0.1) is 11.3 Å². The number of carbonyl (C=O) groups excluding carboxylic acids is 1. The van der Waals surface area contributed by atoms with Crippen molar-refractivity contribution in [1.82, 2.24) is 5.32 Å². The summed E-state index contributed by atoms with van der Waals surface area (Å²) in [5.41, 5.74) is 1.35. The molecule has 0 atom stereocenters. The number of hydrogen-bond acceptors (Lipinski definition) is 2. The zero-order chi connectivity index (χ0) is 12.3. The molecule has 0 saturated heterocycles. The molecule has 0 aromatic heterocycles. The lowest BCUT2D eigenvalue weighted by Gasteiger charge is -2.05. The molecule has 0 aliphatic carbocycles. The Bertz CT molecular complexity index is 614. The maximum Gasteiger partial charge on any atom is 0.318 e. The van der Waals surface area contributed by atoms with E-state index in [0.717, 1.165) is 16.5 Å². The second-order valence-corrected chi connectivity index (χ2v) is 3.59. The van der Waals surface area contributed by atoms with Crippen LogP contribution in [0.1, 0.15) is 5.56 Å². The van der Waals surface area contributed by atoms with E-state index in [1.807, 2.05) is 24.3 Å². The van der Waals surface area contributed by atoms with Gasteiger partial charge in [0.1, 0.15) is 0 Å². The van der Waals surface area contributed by atoms with Crippen LogP contribution in [0.3, 0.4) is 0 Å². The molecule has 4 heteroatoms. The van der Waals surface area contributed by atoms with E-state index in [0.29, 0.717) is 5.56 Å². The molecule has 0 heterocycles. The van der Waals surface area contributed by atoms with E-state index in [2.05, 4.69) is 16.7 Å². The van der Waals surface area contributed by atoms with Crippen molar-refractivity contribution in [3.63, 3.8) is 0 Å². The van der Waals surface area contributed by atoms with Gasteiger partial charge in [0.2, 0.25) is 0 Å². The fourth-order valence-electron chi connectivity index (χ4n) is 1.59. The third-order valence-corrected chi connectivity index (χ3v) is 2.45. The van der Waals surface area contributed by atoms with E-state index >= 15 is 0 Å². The van der Waals surface area contributed by atoms with Gasteiger partial charge in [0.25, 0.3) is 0 Å². The standard InChI is InChI=1S/C13H11N3O/c1-15-13(17)16-12-5-4-10-6-9(8-14)2-3-11(10)7-12/h2-7H,1H3,(H2,15,16,17). The van der Waals surface area contributed by atoms with Crippen LogP contribution in [-0.4, -0.2) is 13.1 Å². The topological polar surface area (TPSA) is 64.9 Å². The number of carbonyl (C=O) groups is 1. The first-order valence-corrected chi connectivity index (χ1v) is 5.15. The lowest BCUT2D eigenvalue weighted by atomic mass is 10.1. The van der Waals surface area contributed by atoms with Crippen molar-refractivity contribution in [2.24, 2.45) is 0 Å². The van der Waals surface area contributed by atoms with Crippen LogP contribution >= 0.6 is 0 Å². The van der Waals surface area contributed by atoms with Gasteiger partial charge in [-0.3, -0.25) is 0 Å². The fourth-order valence-corrected chi connectivity index (χ4v) is 1.59. The molecule has 0 spiro atoms. The molecule has 4 nitrogen and oxygen atoms in total. The van der Waals surface area contributed by atoms with Crippen LogP contribution < -0.4 is 10.6 Å². The van der Waals surface area contributed by atoms with Crippen molar-refractivity contribution >= 4 is 22.5 Å². The van der Waals surface area contributed by atoms with Crippen molar-refractivity contribution in [2.45, 2.75) is 0 Å². The summed E-state index contributed by atoms with van der Waals surface area (Å²) >= 11 is 0. The maximum absolute atomic E-state index is 11.2. The summed E-state index contributed by atoms with van der Waals surface area (Å²) in [4.78, 5) is 11.2. The summed E-state index contributed by atoms with van der Waals surface area (Å²) in [5, 5.41) is 15.9. The molecule has 2 amide bonds. The largest absolute Gasteiger partial charge is 0.341 e. The van der Waals surface area contributed by atoms with Gasteiger partial charge >= 0.3 is 6.03 Å². The van der Waals surface area contributed by atoms with E-state index < -0.39 is 0 Å². The average molecular weight is 225 g/mol. The van der Waals surface area contributed by atoms with E-state index in [4.69, 9.17) is 5.26 Å². The molecule has 2 N–H and O–H groups in total. The van der Waals surface area contributed by atoms with Gasteiger partial charge in [-0.2, -0.15) is 5.26 Å². The van der Waals surface area contributed by atoms with Gasteiger partial charge in [-0.05, 0) is 35.0 Å². The van der Waals surface area contributed by atoms with Crippen LogP contribution in [0.2, 0.25) is 0 Å². The maximum atomic E-state index is 11.2. The molecule has 2 aromatic carbocycles. The molecule has 0 aliphatic heterocycles. The molecule has 0 saturated carbocycles. The van der Waals surface area contributed by atoms with Crippen LogP contribution in [0.25, 0.3) is 10.8 Å². The second kappa shape index (κ2) is 4.54. The van der Waals surface area contributed by atoms with Crippen molar-refractivity contribution in [1.29, 1.82) is 5.26 Å². The normalized spacial score (nSPS) is 9.65. The van der Waals surface area contributed by atoms with Crippen LogP contribution in [0.5, 0.6) is 0 Å². The summed E-state index contributed by atoms with van der Waals surface area (Å²) in [7, 11) is 1.57. The summed E-state index contributed by atoms with van der Waals surface area (Å²) in [6.07, 6.45) is 0. The molecule has 2 aromatic rings. The SMILES string of the molecule is CNC(=O)Nc1ccc2cc(C#N)ccc2c1. The van der Waals surface area contributed by atoms with Gasteiger partial charge in [0, 0.05) is 12.7 Å². The Kier molecular flexibility index (Phi) is 2.93. The van der Waals surface area contributed by atoms with Gasteiger partial charge in [0.15, 0.2) is 0 Å². The Morgan fingerprint density at radius 1 is 1.18 bits per heavy atom. The van der Waals surface area contributed by atoms with Gasteiger partial charge in [0.05, 0.1) is 11.6 Å². The minimum Gasteiger partial charge on any atom is -0.341 e. The molecule has 0 bridgehead atoms. The quantitative estimate of drug-likeness (QED) is 0.783. The van der Waals surface area contributed by atoms with E-state index in [1.165, 1.54) is 0 Å². The number of fused-ring (bicyclic) bond motifs is 1. The number of amides is 2. The molecular weight excluding hydrogens is 214 g/mol. The molecule has 0 unspecified atom stereocenters. The third-order valence-electron chi connectivity index (χ3n) is 2.45. The Hall–Kier alpha value is -2.54. The third kappa shape index (κ3) is 2.34. The van der Waals surface area contributed by atoms with Crippen LogP contribution in [-0.2, 0) is 0 Å². The van der Waals surface area contributed by atoms with Crippen LogP contribution in [0.15, 0.2) is 36.4 Å². The highest BCUT2D eigenvalue weighted by Gasteiger charge is 2.01. The fraction of sp³-hybridized carbons (Fsp3) is 0.0769. The van der Waals surface area contributed by atoms with Crippen molar-refractivity contribution in [3.8, 4) is 6.07 Å². The summed E-state index contributed by atoms with van der Waals surface area (Å²) in [6, 6.07) is 12.8. The first kappa shape index (κ1) is 11.0.